The SMILES string of the molecule is Cc1ccc(NC(=O)CSc2nc3nc[nH]c3c(=O)[nH]2)c(C)c1. The van der Waals surface area contributed by atoms with E-state index in [9.17, 15) is 9.59 Å². The maximum absolute atomic E-state index is 12.0. The zero-order chi connectivity index (χ0) is 16.4. The quantitative estimate of drug-likeness (QED) is 0.502. The Bertz CT molecular complexity index is 931. The summed E-state index contributed by atoms with van der Waals surface area (Å²) in [7, 11) is 0. The molecule has 0 atom stereocenters. The number of imidazole rings is 1. The monoisotopic (exact) mass is 329 g/mol. The summed E-state index contributed by atoms with van der Waals surface area (Å²) in [6, 6.07) is 5.83. The smallest absolute Gasteiger partial charge is 0.277 e. The second-order valence-electron chi connectivity index (χ2n) is 5.13. The van der Waals surface area contributed by atoms with E-state index in [0.717, 1.165) is 28.6 Å². The van der Waals surface area contributed by atoms with Crippen LogP contribution in [0.25, 0.3) is 11.2 Å². The molecule has 2 heterocycles. The number of carbonyl (C=O) groups excluding carboxylic acids is 1. The number of carbonyl (C=O) groups is 1. The van der Waals surface area contributed by atoms with Crippen molar-refractivity contribution >= 4 is 34.5 Å². The maximum atomic E-state index is 12.0. The highest BCUT2D eigenvalue weighted by Gasteiger charge is 2.10. The van der Waals surface area contributed by atoms with Gasteiger partial charge in [-0.3, -0.25) is 14.6 Å². The first kappa shape index (κ1) is 15.3. The van der Waals surface area contributed by atoms with Crippen molar-refractivity contribution in [2.24, 2.45) is 0 Å². The lowest BCUT2D eigenvalue weighted by Gasteiger charge is -2.08. The Hall–Kier alpha value is -2.61. The summed E-state index contributed by atoms with van der Waals surface area (Å²) in [4.78, 5) is 37.3. The largest absolute Gasteiger partial charge is 0.339 e. The summed E-state index contributed by atoms with van der Waals surface area (Å²) in [6.45, 7) is 3.95. The highest BCUT2D eigenvalue weighted by Crippen LogP contribution is 2.18. The molecular weight excluding hydrogens is 314 g/mol. The minimum Gasteiger partial charge on any atom is -0.339 e. The molecular formula is C15H15N5O2S. The van der Waals surface area contributed by atoms with E-state index < -0.39 is 0 Å². The predicted octanol–water partition coefficient (Wildman–Crippen LogP) is 1.99. The zero-order valence-electron chi connectivity index (χ0n) is 12.6. The Balaban J connectivity index is 1.67. The van der Waals surface area contributed by atoms with E-state index in [1.54, 1.807) is 0 Å². The average Bonchev–Trinajstić information content (AvgIpc) is 2.97. The maximum Gasteiger partial charge on any atom is 0.277 e. The van der Waals surface area contributed by atoms with Gasteiger partial charge >= 0.3 is 0 Å². The third kappa shape index (κ3) is 3.42. The second kappa shape index (κ2) is 6.25. The highest BCUT2D eigenvalue weighted by molar-refractivity contribution is 7.99. The number of H-pyrrole nitrogens is 2. The molecule has 2 aromatic heterocycles. The molecule has 0 unspecified atom stereocenters. The Morgan fingerprint density at radius 2 is 2.17 bits per heavy atom. The van der Waals surface area contributed by atoms with E-state index in [0.29, 0.717) is 16.3 Å². The van der Waals surface area contributed by atoms with Gasteiger partial charge < -0.3 is 10.3 Å². The fourth-order valence-corrected chi connectivity index (χ4v) is 2.82. The second-order valence-corrected chi connectivity index (χ2v) is 6.09. The zero-order valence-corrected chi connectivity index (χ0v) is 13.5. The van der Waals surface area contributed by atoms with E-state index in [1.165, 1.54) is 6.33 Å². The van der Waals surface area contributed by atoms with Gasteiger partial charge in [0, 0.05) is 5.69 Å². The minimum atomic E-state index is -0.301. The number of rotatable bonds is 4. The lowest BCUT2D eigenvalue weighted by molar-refractivity contribution is -0.113. The van der Waals surface area contributed by atoms with Crippen LogP contribution in [0.15, 0.2) is 34.5 Å². The number of aromatic amines is 2. The molecule has 0 saturated carbocycles. The molecule has 3 rings (SSSR count). The van der Waals surface area contributed by atoms with Gasteiger partial charge in [0.05, 0.1) is 12.1 Å². The summed E-state index contributed by atoms with van der Waals surface area (Å²) in [5.41, 5.74) is 3.30. The fourth-order valence-electron chi connectivity index (χ4n) is 2.17. The number of fused-ring (bicyclic) bond motifs is 1. The minimum absolute atomic E-state index is 0.145. The molecule has 0 radical (unpaired) electrons. The molecule has 0 aliphatic rings. The molecule has 3 aromatic rings. The molecule has 0 aliphatic heterocycles. The van der Waals surface area contributed by atoms with Crippen LogP contribution in [0.4, 0.5) is 5.69 Å². The van der Waals surface area contributed by atoms with Crippen LogP contribution in [0.2, 0.25) is 0 Å². The highest BCUT2D eigenvalue weighted by atomic mass is 32.2. The van der Waals surface area contributed by atoms with Gasteiger partial charge in [0.25, 0.3) is 5.56 Å². The molecule has 0 bridgehead atoms. The molecule has 8 heteroatoms. The average molecular weight is 329 g/mol. The number of aryl methyl sites for hydroxylation is 2. The van der Waals surface area contributed by atoms with Crippen LogP contribution in [-0.2, 0) is 4.79 Å². The molecule has 1 amide bonds. The number of nitrogens with zero attached hydrogens (tertiary/aromatic N) is 2. The van der Waals surface area contributed by atoms with E-state index in [1.807, 2.05) is 32.0 Å². The van der Waals surface area contributed by atoms with E-state index in [-0.39, 0.29) is 17.2 Å². The van der Waals surface area contributed by atoms with Gasteiger partial charge in [-0.25, -0.2) is 9.97 Å². The van der Waals surface area contributed by atoms with Crippen molar-refractivity contribution in [3.05, 3.63) is 46.0 Å². The van der Waals surface area contributed by atoms with Gasteiger partial charge in [-0.15, -0.1) is 0 Å². The van der Waals surface area contributed by atoms with Gasteiger partial charge in [-0.2, -0.15) is 0 Å². The van der Waals surface area contributed by atoms with Gasteiger partial charge in [-0.05, 0) is 25.5 Å². The Morgan fingerprint density at radius 1 is 1.35 bits per heavy atom. The van der Waals surface area contributed by atoms with Crippen LogP contribution < -0.4 is 10.9 Å². The van der Waals surface area contributed by atoms with Crippen molar-refractivity contribution < 1.29 is 4.79 Å². The van der Waals surface area contributed by atoms with Crippen LogP contribution in [0.1, 0.15) is 11.1 Å². The van der Waals surface area contributed by atoms with E-state index in [4.69, 9.17) is 0 Å². The van der Waals surface area contributed by atoms with Gasteiger partial charge in [-0.1, -0.05) is 29.5 Å². The first-order valence-electron chi connectivity index (χ1n) is 6.96. The number of aromatic nitrogens is 4. The number of hydrogen-bond donors (Lipinski definition) is 3. The lowest BCUT2D eigenvalue weighted by Crippen LogP contribution is -2.16. The lowest BCUT2D eigenvalue weighted by atomic mass is 10.1. The first-order chi connectivity index (χ1) is 11.0. The predicted molar refractivity (Wildman–Crippen MR) is 89.8 cm³/mol. The number of hydrogen-bond acceptors (Lipinski definition) is 5. The molecule has 0 spiro atoms. The Labute approximate surface area is 135 Å². The molecule has 7 nitrogen and oxygen atoms in total. The molecule has 118 valence electrons. The Kier molecular flexibility index (Phi) is 4.16. The molecule has 3 N–H and O–H groups in total. The number of amides is 1. The van der Waals surface area contributed by atoms with Crippen molar-refractivity contribution in [3.8, 4) is 0 Å². The number of thioether (sulfide) groups is 1. The Morgan fingerprint density at radius 3 is 2.96 bits per heavy atom. The van der Waals surface area contributed by atoms with Crippen LogP contribution in [0.5, 0.6) is 0 Å². The third-order valence-corrected chi connectivity index (χ3v) is 4.14. The van der Waals surface area contributed by atoms with Gasteiger partial charge in [0.2, 0.25) is 5.91 Å². The van der Waals surface area contributed by atoms with Crippen molar-refractivity contribution in [1.82, 2.24) is 19.9 Å². The normalized spacial score (nSPS) is 10.9. The first-order valence-corrected chi connectivity index (χ1v) is 7.95. The number of nitrogens with one attached hydrogen (secondary N) is 3. The van der Waals surface area contributed by atoms with Gasteiger partial charge in [0.1, 0.15) is 0 Å². The molecule has 0 aliphatic carbocycles. The van der Waals surface area contributed by atoms with Crippen LogP contribution in [0.3, 0.4) is 0 Å². The van der Waals surface area contributed by atoms with Crippen molar-refractivity contribution in [2.45, 2.75) is 19.0 Å². The van der Waals surface area contributed by atoms with Crippen LogP contribution in [0, 0.1) is 13.8 Å². The fraction of sp³-hybridized carbons (Fsp3) is 0.200. The number of anilines is 1. The van der Waals surface area contributed by atoms with Gasteiger partial charge in [0.15, 0.2) is 16.3 Å². The molecule has 0 fully saturated rings. The van der Waals surface area contributed by atoms with Crippen molar-refractivity contribution in [2.75, 3.05) is 11.1 Å². The van der Waals surface area contributed by atoms with Crippen LogP contribution >= 0.6 is 11.8 Å². The van der Waals surface area contributed by atoms with Crippen molar-refractivity contribution in [3.63, 3.8) is 0 Å². The standard InChI is InChI=1S/C15H15N5O2S/c1-8-3-4-10(9(2)5-8)18-11(21)6-23-15-19-13-12(14(22)20-15)16-7-17-13/h3-5,7H,6H2,1-2H3,(H,18,21)(H2,16,17,19,20,22). The molecule has 23 heavy (non-hydrogen) atoms. The topological polar surface area (TPSA) is 104 Å². The number of benzene rings is 1. The van der Waals surface area contributed by atoms with Crippen LogP contribution in [-0.4, -0.2) is 31.6 Å². The van der Waals surface area contributed by atoms with Crippen molar-refractivity contribution in [1.29, 1.82) is 0 Å². The molecule has 1 aromatic carbocycles. The summed E-state index contributed by atoms with van der Waals surface area (Å²) in [6.07, 6.45) is 1.41. The molecule has 0 saturated heterocycles. The summed E-state index contributed by atoms with van der Waals surface area (Å²) in [5, 5.41) is 3.22. The summed E-state index contributed by atoms with van der Waals surface area (Å²) in [5.74, 6) is -0.0154. The van der Waals surface area contributed by atoms with E-state index in [2.05, 4.69) is 25.3 Å². The summed E-state index contributed by atoms with van der Waals surface area (Å²) >= 11 is 1.16. The third-order valence-electron chi connectivity index (χ3n) is 3.27. The van der Waals surface area contributed by atoms with E-state index >= 15 is 0 Å². The summed E-state index contributed by atoms with van der Waals surface area (Å²) < 4.78 is 0.